The van der Waals surface area contributed by atoms with E-state index in [1.807, 2.05) is 54.6 Å². The lowest BCUT2D eigenvalue weighted by Crippen LogP contribution is -2.45. The fourth-order valence-corrected chi connectivity index (χ4v) is 3.06. The fraction of sp³-hybridized carbons (Fsp3) is 0.273. The molecule has 0 radical (unpaired) electrons. The van der Waals surface area contributed by atoms with Crippen molar-refractivity contribution in [3.63, 3.8) is 0 Å². The second-order valence-corrected chi connectivity index (χ2v) is 6.84. The predicted octanol–water partition coefficient (Wildman–Crippen LogP) is 3.85. The highest BCUT2D eigenvalue weighted by molar-refractivity contribution is 5.95. The molecule has 3 rings (SSSR count). The van der Waals surface area contributed by atoms with Crippen LogP contribution < -0.4 is 15.4 Å². The van der Waals surface area contributed by atoms with Gasteiger partial charge in [-0.2, -0.15) is 0 Å². The maximum absolute atomic E-state index is 12.7. The van der Waals surface area contributed by atoms with Crippen LogP contribution in [-0.4, -0.2) is 18.1 Å². The number of hydrogen-bond acceptors (Lipinski definition) is 4. The number of urea groups is 1. The van der Waals surface area contributed by atoms with Crippen LogP contribution in [0.1, 0.15) is 37.9 Å². The summed E-state index contributed by atoms with van der Waals surface area (Å²) < 4.78 is 11.4. The molecule has 0 aliphatic carbocycles. The van der Waals surface area contributed by atoms with Crippen LogP contribution in [0.5, 0.6) is 5.75 Å². The molecule has 0 spiro atoms. The van der Waals surface area contributed by atoms with E-state index in [1.54, 1.807) is 20.8 Å². The van der Waals surface area contributed by atoms with Gasteiger partial charge in [0.2, 0.25) is 0 Å². The average Bonchev–Trinajstić information content (AvgIpc) is 2.66. The van der Waals surface area contributed by atoms with Crippen LogP contribution in [0, 0.1) is 0 Å². The van der Waals surface area contributed by atoms with E-state index in [4.69, 9.17) is 9.47 Å². The van der Waals surface area contributed by atoms with E-state index < -0.39 is 12.0 Å². The topological polar surface area (TPSA) is 76.7 Å². The molecular formula is C22H24N2O4. The first-order valence-electron chi connectivity index (χ1n) is 9.20. The summed E-state index contributed by atoms with van der Waals surface area (Å²) in [5.74, 6) is 0.129. The highest BCUT2D eigenvalue weighted by Crippen LogP contribution is 2.34. The van der Waals surface area contributed by atoms with Crippen molar-refractivity contribution in [1.29, 1.82) is 0 Å². The number of hydrogen-bond donors (Lipinski definition) is 2. The van der Waals surface area contributed by atoms with Crippen LogP contribution in [0.2, 0.25) is 0 Å². The van der Waals surface area contributed by atoms with E-state index >= 15 is 0 Å². The highest BCUT2D eigenvalue weighted by atomic mass is 16.5. The summed E-state index contributed by atoms with van der Waals surface area (Å²) in [4.78, 5) is 24.8. The van der Waals surface area contributed by atoms with E-state index in [0.717, 1.165) is 5.56 Å². The van der Waals surface area contributed by atoms with Crippen molar-refractivity contribution in [3.05, 3.63) is 77.0 Å². The Balaban J connectivity index is 1.92. The minimum atomic E-state index is -0.660. The van der Waals surface area contributed by atoms with Gasteiger partial charge >= 0.3 is 12.0 Å². The number of benzene rings is 2. The fourth-order valence-electron chi connectivity index (χ4n) is 3.06. The van der Waals surface area contributed by atoms with E-state index in [0.29, 0.717) is 29.2 Å². The monoisotopic (exact) mass is 380 g/mol. The van der Waals surface area contributed by atoms with Gasteiger partial charge < -0.3 is 20.1 Å². The van der Waals surface area contributed by atoms with Crippen LogP contribution in [0.4, 0.5) is 4.79 Å². The Kier molecular flexibility index (Phi) is 5.99. The molecule has 0 fully saturated rings. The van der Waals surface area contributed by atoms with Crippen LogP contribution in [0.3, 0.4) is 0 Å². The molecule has 1 aliphatic rings. The van der Waals surface area contributed by atoms with Crippen LogP contribution in [0.15, 0.2) is 65.9 Å². The molecule has 6 heteroatoms. The number of esters is 1. The number of nitrogens with one attached hydrogen (secondary N) is 2. The molecule has 0 unspecified atom stereocenters. The van der Waals surface area contributed by atoms with Gasteiger partial charge in [-0.25, -0.2) is 9.59 Å². The first-order chi connectivity index (χ1) is 13.5. The van der Waals surface area contributed by atoms with Gasteiger partial charge in [-0.3, -0.25) is 0 Å². The molecule has 2 aromatic carbocycles. The molecule has 2 amide bonds. The Morgan fingerprint density at radius 1 is 1.07 bits per heavy atom. The number of amides is 2. The Morgan fingerprint density at radius 2 is 1.75 bits per heavy atom. The maximum Gasteiger partial charge on any atom is 0.338 e. The summed E-state index contributed by atoms with van der Waals surface area (Å²) in [5.41, 5.74) is 2.56. The molecule has 2 N–H and O–H groups in total. The van der Waals surface area contributed by atoms with Crippen molar-refractivity contribution in [1.82, 2.24) is 10.6 Å². The smallest absolute Gasteiger partial charge is 0.338 e. The van der Waals surface area contributed by atoms with Gasteiger partial charge in [-0.05, 0) is 32.4 Å². The summed E-state index contributed by atoms with van der Waals surface area (Å²) in [5, 5.41) is 5.47. The molecule has 2 aromatic rings. The van der Waals surface area contributed by atoms with Crippen LogP contribution in [0.25, 0.3) is 0 Å². The molecule has 146 valence electrons. The number of para-hydroxylation sites is 1. The molecule has 0 bridgehead atoms. The van der Waals surface area contributed by atoms with Crippen molar-refractivity contribution in [2.75, 3.05) is 0 Å². The molecule has 0 saturated heterocycles. The third-order valence-electron chi connectivity index (χ3n) is 4.30. The second kappa shape index (κ2) is 8.61. The first-order valence-corrected chi connectivity index (χ1v) is 9.20. The Morgan fingerprint density at radius 3 is 2.46 bits per heavy atom. The number of ether oxygens (including phenoxy) is 2. The minimum absolute atomic E-state index is 0.268. The van der Waals surface area contributed by atoms with Crippen LogP contribution >= 0.6 is 0 Å². The van der Waals surface area contributed by atoms with Gasteiger partial charge in [0, 0.05) is 11.3 Å². The minimum Gasteiger partial charge on any atom is -0.489 e. The number of rotatable bonds is 6. The van der Waals surface area contributed by atoms with Crippen LogP contribution in [-0.2, 0) is 16.1 Å². The molecule has 6 nitrogen and oxygen atoms in total. The molecular weight excluding hydrogens is 356 g/mol. The molecule has 28 heavy (non-hydrogen) atoms. The quantitative estimate of drug-likeness (QED) is 0.747. The molecule has 1 aliphatic heterocycles. The van der Waals surface area contributed by atoms with E-state index in [-0.39, 0.29) is 12.1 Å². The maximum atomic E-state index is 12.7. The summed E-state index contributed by atoms with van der Waals surface area (Å²) in [7, 11) is 0. The molecule has 1 heterocycles. The second-order valence-electron chi connectivity index (χ2n) is 6.84. The molecule has 1 atom stereocenters. The SMILES string of the molecule is CC1=C(C(=O)OC(C)C)[C@@H](c2ccccc2OCc2ccccc2)NC(=O)N1. The average molecular weight is 380 g/mol. The lowest BCUT2D eigenvalue weighted by Gasteiger charge is -2.29. The normalized spacial score (nSPS) is 16.4. The zero-order valence-corrected chi connectivity index (χ0v) is 16.2. The van der Waals surface area contributed by atoms with E-state index in [9.17, 15) is 9.59 Å². The standard InChI is InChI=1S/C22H24N2O4/c1-14(2)28-21(25)19-15(3)23-22(26)24-20(19)17-11-7-8-12-18(17)27-13-16-9-5-4-6-10-16/h4-12,14,20H,13H2,1-3H3,(H2,23,24,26)/t20-/m1/s1. The predicted molar refractivity (Wildman–Crippen MR) is 106 cm³/mol. The lowest BCUT2D eigenvalue weighted by atomic mass is 9.94. The highest BCUT2D eigenvalue weighted by Gasteiger charge is 2.34. The van der Waals surface area contributed by atoms with Crippen molar-refractivity contribution in [2.24, 2.45) is 0 Å². The van der Waals surface area contributed by atoms with E-state index in [2.05, 4.69) is 10.6 Å². The number of carbonyl (C=O) groups excluding carboxylic acids is 2. The van der Waals surface area contributed by atoms with Gasteiger partial charge in [0.15, 0.2) is 0 Å². The first kappa shape index (κ1) is 19.5. The van der Waals surface area contributed by atoms with Gasteiger partial charge in [0.1, 0.15) is 12.4 Å². The third-order valence-corrected chi connectivity index (χ3v) is 4.30. The molecule has 0 saturated carbocycles. The van der Waals surface area contributed by atoms with Gasteiger partial charge in [0.05, 0.1) is 17.7 Å². The zero-order chi connectivity index (χ0) is 20.1. The summed E-state index contributed by atoms with van der Waals surface area (Å²) in [6, 6.07) is 16.1. The number of carbonyl (C=O) groups is 2. The van der Waals surface area contributed by atoms with Crippen molar-refractivity contribution in [3.8, 4) is 5.75 Å². The largest absolute Gasteiger partial charge is 0.489 e. The zero-order valence-electron chi connectivity index (χ0n) is 16.2. The van der Waals surface area contributed by atoms with E-state index in [1.165, 1.54) is 0 Å². The van der Waals surface area contributed by atoms with Gasteiger partial charge in [-0.1, -0.05) is 48.5 Å². The summed E-state index contributed by atoms with van der Waals surface area (Å²) in [6.45, 7) is 5.64. The Bertz CT molecular complexity index is 890. The van der Waals surface area contributed by atoms with Crippen molar-refractivity contribution >= 4 is 12.0 Å². The van der Waals surface area contributed by atoms with Crippen molar-refractivity contribution in [2.45, 2.75) is 39.5 Å². The number of allylic oxidation sites excluding steroid dienone is 1. The Labute approximate surface area is 164 Å². The van der Waals surface area contributed by atoms with Gasteiger partial charge in [-0.15, -0.1) is 0 Å². The lowest BCUT2D eigenvalue weighted by molar-refractivity contribution is -0.143. The summed E-state index contributed by atoms with van der Waals surface area (Å²) >= 11 is 0. The van der Waals surface area contributed by atoms with Gasteiger partial charge in [0.25, 0.3) is 0 Å². The van der Waals surface area contributed by atoms with Crippen molar-refractivity contribution < 1.29 is 19.1 Å². The summed E-state index contributed by atoms with van der Waals surface area (Å²) in [6.07, 6.45) is -0.268. The molecule has 0 aromatic heterocycles. The third kappa shape index (κ3) is 4.52. The Hall–Kier alpha value is -3.28.